The van der Waals surface area contributed by atoms with E-state index in [1.807, 2.05) is 32.0 Å². The Labute approximate surface area is 154 Å². The Morgan fingerprint density at radius 2 is 1.85 bits per heavy atom. The van der Waals surface area contributed by atoms with Gasteiger partial charge in [0.25, 0.3) is 11.7 Å². The van der Waals surface area contributed by atoms with Crippen LogP contribution in [0.2, 0.25) is 0 Å². The second kappa shape index (κ2) is 8.75. The van der Waals surface area contributed by atoms with Crippen molar-refractivity contribution >= 4 is 29.3 Å². The van der Waals surface area contributed by atoms with Crippen LogP contribution in [0.5, 0.6) is 0 Å². The van der Waals surface area contributed by atoms with Crippen LogP contribution < -0.4 is 5.32 Å². The first-order chi connectivity index (χ1) is 12.3. The van der Waals surface area contributed by atoms with Crippen LogP contribution in [-0.4, -0.2) is 41.0 Å². The molecule has 1 N–H and O–H groups in total. The molecule has 0 spiro atoms. The summed E-state index contributed by atoms with van der Waals surface area (Å²) in [7, 11) is 1.44. The van der Waals surface area contributed by atoms with Crippen LogP contribution >= 0.6 is 11.8 Å². The zero-order chi connectivity index (χ0) is 19.3. The van der Waals surface area contributed by atoms with E-state index in [1.54, 1.807) is 0 Å². The van der Waals surface area contributed by atoms with Crippen molar-refractivity contribution in [3.8, 4) is 0 Å². The highest BCUT2D eigenvalue weighted by molar-refractivity contribution is 7.99. The number of anilines is 1. The number of aromatic nitrogens is 1. The predicted octanol–water partition coefficient (Wildman–Crippen LogP) is 3.72. The summed E-state index contributed by atoms with van der Waals surface area (Å²) in [5.41, 5.74) is 2.57. The third-order valence-electron chi connectivity index (χ3n) is 3.68. The largest absolute Gasteiger partial charge is 0.332 e. The third-order valence-corrected chi connectivity index (χ3v) is 4.40. The number of nitrogens with one attached hydrogen (secondary N) is 1. The number of hydrogen-bond donors (Lipinski definition) is 1. The summed E-state index contributed by atoms with van der Waals surface area (Å²) >= 11 is 0.204. The van der Waals surface area contributed by atoms with Gasteiger partial charge < -0.3 is 10.2 Å². The molecule has 5 nitrogen and oxygen atoms in total. The van der Waals surface area contributed by atoms with Crippen LogP contribution in [0.15, 0.2) is 41.6 Å². The highest BCUT2D eigenvalue weighted by Crippen LogP contribution is 2.27. The van der Waals surface area contributed by atoms with Crippen LogP contribution in [0.3, 0.4) is 0 Å². The molecule has 1 heterocycles. The predicted molar refractivity (Wildman–Crippen MR) is 97.6 cm³/mol. The molecule has 26 heavy (non-hydrogen) atoms. The highest BCUT2D eigenvalue weighted by Gasteiger charge is 2.21. The van der Waals surface area contributed by atoms with Gasteiger partial charge in [-0.05, 0) is 48.9 Å². The van der Waals surface area contributed by atoms with Crippen molar-refractivity contribution in [2.24, 2.45) is 0 Å². The summed E-state index contributed by atoms with van der Waals surface area (Å²) < 4.78 is 25.3. The van der Waals surface area contributed by atoms with Gasteiger partial charge in [-0.1, -0.05) is 18.2 Å². The fraction of sp³-hybridized carbons (Fsp3) is 0.278. The van der Waals surface area contributed by atoms with Crippen LogP contribution in [-0.2, 0) is 4.79 Å². The normalized spacial score (nSPS) is 10.7. The molecule has 0 saturated carbocycles. The summed E-state index contributed by atoms with van der Waals surface area (Å²) in [4.78, 5) is 29.8. The molecule has 0 unspecified atom stereocenters. The minimum Gasteiger partial charge on any atom is -0.332 e. The fourth-order valence-corrected chi connectivity index (χ4v) is 2.99. The summed E-state index contributed by atoms with van der Waals surface area (Å²) in [5, 5.41) is 2.73. The number of carbonyl (C=O) groups excluding carboxylic acids is 2. The Hall–Kier alpha value is -2.48. The first-order valence-corrected chi connectivity index (χ1v) is 8.69. The molecule has 0 saturated heterocycles. The van der Waals surface area contributed by atoms with Crippen molar-refractivity contribution in [2.75, 3.05) is 18.9 Å². The molecule has 2 aromatic rings. The molecule has 0 radical (unpaired) electrons. The smallest absolute Gasteiger partial charge is 0.290 e. The Morgan fingerprint density at radius 1 is 1.19 bits per heavy atom. The molecule has 2 rings (SSSR count). The molecule has 138 valence electrons. The van der Waals surface area contributed by atoms with Gasteiger partial charge in [0.05, 0.1) is 12.1 Å². The summed E-state index contributed by atoms with van der Waals surface area (Å²) in [6.07, 6.45) is 1.34. The van der Waals surface area contributed by atoms with Gasteiger partial charge in [-0.15, -0.1) is 0 Å². The molecule has 0 bridgehead atoms. The van der Waals surface area contributed by atoms with Crippen LogP contribution in [0.1, 0.15) is 21.5 Å². The number of para-hydroxylation sites is 1. The molecule has 1 aromatic carbocycles. The van der Waals surface area contributed by atoms with Gasteiger partial charge in [0.1, 0.15) is 5.03 Å². The number of nitrogens with zero attached hydrogens (tertiary/aromatic N) is 2. The number of carbonyl (C=O) groups is 2. The van der Waals surface area contributed by atoms with Crippen molar-refractivity contribution in [2.45, 2.75) is 24.6 Å². The number of alkyl halides is 2. The highest BCUT2D eigenvalue weighted by atomic mass is 32.2. The topological polar surface area (TPSA) is 62.3 Å². The number of amides is 2. The van der Waals surface area contributed by atoms with E-state index in [1.165, 1.54) is 30.3 Å². The zero-order valence-electron chi connectivity index (χ0n) is 14.6. The van der Waals surface area contributed by atoms with Gasteiger partial charge in [0.2, 0.25) is 5.91 Å². The van der Waals surface area contributed by atoms with Gasteiger partial charge in [0.15, 0.2) is 0 Å². The average Bonchev–Trinajstić information content (AvgIpc) is 2.57. The van der Waals surface area contributed by atoms with Gasteiger partial charge in [-0.25, -0.2) is 4.98 Å². The molecule has 1 aromatic heterocycles. The lowest BCUT2D eigenvalue weighted by Crippen LogP contribution is -2.35. The lowest BCUT2D eigenvalue weighted by atomic mass is 10.1. The van der Waals surface area contributed by atoms with Gasteiger partial charge in [0, 0.05) is 18.9 Å². The number of hydrogen-bond acceptors (Lipinski definition) is 4. The number of halogens is 2. The van der Waals surface area contributed by atoms with E-state index >= 15 is 0 Å². The van der Waals surface area contributed by atoms with E-state index in [0.29, 0.717) is 5.69 Å². The number of benzene rings is 1. The maximum absolute atomic E-state index is 12.6. The molecule has 0 fully saturated rings. The van der Waals surface area contributed by atoms with Crippen molar-refractivity contribution < 1.29 is 18.4 Å². The molecule has 0 aliphatic heterocycles. The van der Waals surface area contributed by atoms with Crippen molar-refractivity contribution in [3.05, 3.63) is 53.2 Å². The summed E-state index contributed by atoms with van der Waals surface area (Å²) in [5.74, 6) is -3.60. The van der Waals surface area contributed by atoms with E-state index in [-0.39, 0.29) is 34.8 Å². The molecule has 0 aliphatic rings. The Morgan fingerprint density at radius 3 is 2.46 bits per heavy atom. The second-order valence-corrected chi connectivity index (χ2v) is 6.69. The maximum atomic E-state index is 12.6. The van der Waals surface area contributed by atoms with Crippen molar-refractivity contribution in [3.63, 3.8) is 0 Å². The monoisotopic (exact) mass is 379 g/mol. The standard InChI is InChI=1S/C18H19F2N3O2S/c1-11-6-4-7-12(2)15(11)22-14(24)10-23(3)17(25)13-8-5-9-21-16(13)26-18(19)20/h4-9,18H,10H2,1-3H3,(H,22,24). The Balaban J connectivity index is 2.09. The minimum atomic E-state index is -2.69. The number of likely N-dealkylation sites (N-methyl/N-ethyl adjacent to an activating group) is 1. The molecule has 8 heteroatoms. The Kier molecular flexibility index (Phi) is 6.68. The van der Waals surface area contributed by atoms with Crippen molar-refractivity contribution in [1.29, 1.82) is 0 Å². The number of rotatable bonds is 6. The van der Waals surface area contributed by atoms with Gasteiger partial charge in [-0.2, -0.15) is 8.78 Å². The van der Waals surface area contributed by atoms with Crippen LogP contribution in [0.25, 0.3) is 0 Å². The van der Waals surface area contributed by atoms with E-state index in [2.05, 4.69) is 10.3 Å². The van der Waals surface area contributed by atoms with Crippen LogP contribution in [0, 0.1) is 13.8 Å². The molecular weight excluding hydrogens is 360 g/mol. The lowest BCUT2D eigenvalue weighted by Gasteiger charge is -2.19. The summed E-state index contributed by atoms with van der Waals surface area (Å²) in [6.45, 7) is 3.54. The van der Waals surface area contributed by atoms with E-state index in [0.717, 1.165) is 11.1 Å². The van der Waals surface area contributed by atoms with Gasteiger partial charge >= 0.3 is 0 Å². The Bertz CT molecular complexity index is 795. The first kappa shape index (κ1) is 19.8. The minimum absolute atomic E-state index is 0.0418. The number of thioether (sulfide) groups is 1. The third kappa shape index (κ3) is 5.01. The SMILES string of the molecule is Cc1cccc(C)c1NC(=O)CN(C)C(=O)c1cccnc1SC(F)F. The molecule has 0 atom stereocenters. The van der Waals surface area contributed by atoms with E-state index in [9.17, 15) is 18.4 Å². The summed E-state index contributed by atoms with van der Waals surface area (Å²) in [6, 6.07) is 8.55. The fourth-order valence-electron chi connectivity index (χ4n) is 2.42. The second-order valence-electron chi connectivity index (χ2n) is 5.71. The molecular formula is C18H19F2N3O2S. The quantitative estimate of drug-likeness (QED) is 0.777. The van der Waals surface area contributed by atoms with E-state index in [4.69, 9.17) is 0 Å². The van der Waals surface area contributed by atoms with Crippen LogP contribution in [0.4, 0.5) is 14.5 Å². The van der Waals surface area contributed by atoms with Crippen molar-refractivity contribution in [1.82, 2.24) is 9.88 Å². The molecule has 0 aliphatic carbocycles. The number of aryl methyl sites for hydroxylation is 2. The van der Waals surface area contributed by atoms with Gasteiger partial charge in [-0.3, -0.25) is 9.59 Å². The first-order valence-electron chi connectivity index (χ1n) is 7.81. The zero-order valence-corrected chi connectivity index (χ0v) is 15.4. The maximum Gasteiger partial charge on any atom is 0.290 e. The average molecular weight is 379 g/mol. The van der Waals surface area contributed by atoms with E-state index < -0.39 is 11.7 Å². The lowest BCUT2D eigenvalue weighted by molar-refractivity contribution is -0.116. The molecule has 2 amide bonds. The number of pyridine rings is 1.